The summed E-state index contributed by atoms with van der Waals surface area (Å²) in [5.41, 5.74) is 4.39. The normalized spacial score (nSPS) is 16.1. The van der Waals surface area contributed by atoms with Crippen molar-refractivity contribution in [2.24, 2.45) is 5.92 Å². The molecule has 5 rings (SSSR count). The van der Waals surface area contributed by atoms with Crippen LogP contribution in [0.3, 0.4) is 0 Å². The standard InChI is InChI=1S/C21H21N5O2S/c1-3-28-21(27)12-4-5-13-17(8-12)29-20-18(13)19(22-10-23-20)25-15-6-7-16-14(11(15)2)9-24-26-16/h6-7,9-10,12H,3-5,8H2,1-2H3,(H,24,26)(H,22,23,25). The number of carbonyl (C=O) groups is 1. The van der Waals surface area contributed by atoms with E-state index in [9.17, 15) is 4.79 Å². The SMILES string of the molecule is CCOC(=O)C1CCc2c(sc3ncnc(Nc4ccc5[nH]ncc5c4C)c23)C1. The highest BCUT2D eigenvalue weighted by Gasteiger charge is 2.30. The van der Waals surface area contributed by atoms with Gasteiger partial charge in [-0.05, 0) is 56.4 Å². The van der Waals surface area contributed by atoms with E-state index in [-0.39, 0.29) is 11.9 Å². The van der Waals surface area contributed by atoms with Crippen LogP contribution >= 0.6 is 11.3 Å². The Morgan fingerprint density at radius 3 is 3.14 bits per heavy atom. The van der Waals surface area contributed by atoms with E-state index in [0.717, 1.165) is 51.0 Å². The Balaban J connectivity index is 1.52. The van der Waals surface area contributed by atoms with Crippen LogP contribution in [0.2, 0.25) is 0 Å². The van der Waals surface area contributed by atoms with Gasteiger partial charge in [0, 0.05) is 16.0 Å². The number of aromatic amines is 1. The van der Waals surface area contributed by atoms with Gasteiger partial charge in [0.2, 0.25) is 0 Å². The number of aryl methyl sites for hydroxylation is 2. The highest BCUT2D eigenvalue weighted by molar-refractivity contribution is 7.19. The number of fused-ring (bicyclic) bond motifs is 4. The highest BCUT2D eigenvalue weighted by atomic mass is 32.1. The Morgan fingerprint density at radius 1 is 1.38 bits per heavy atom. The number of thiophene rings is 1. The van der Waals surface area contributed by atoms with Crippen molar-refractivity contribution >= 4 is 49.9 Å². The van der Waals surface area contributed by atoms with Crippen LogP contribution in [0.5, 0.6) is 0 Å². The lowest BCUT2D eigenvalue weighted by Gasteiger charge is -2.20. The van der Waals surface area contributed by atoms with E-state index in [0.29, 0.717) is 13.0 Å². The van der Waals surface area contributed by atoms with Crippen LogP contribution < -0.4 is 5.32 Å². The van der Waals surface area contributed by atoms with Gasteiger partial charge in [-0.2, -0.15) is 5.10 Å². The number of nitrogens with one attached hydrogen (secondary N) is 2. The summed E-state index contributed by atoms with van der Waals surface area (Å²) in [7, 11) is 0. The maximum Gasteiger partial charge on any atom is 0.309 e. The summed E-state index contributed by atoms with van der Waals surface area (Å²) in [6, 6.07) is 4.06. The van der Waals surface area contributed by atoms with Crippen LogP contribution in [0.15, 0.2) is 24.7 Å². The number of rotatable bonds is 4. The number of H-pyrrole nitrogens is 1. The van der Waals surface area contributed by atoms with E-state index in [2.05, 4.69) is 32.4 Å². The largest absolute Gasteiger partial charge is 0.466 e. The van der Waals surface area contributed by atoms with E-state index in [1.54, 1.807) is 17.7 Å². The number of hydrogen-bond donors (Lipinski definition) is 2. The van der Waals surface area contributed by atoms with Crippen molar-refractivity contribution in [1.82, 2.24) is 20.2 Å². The maximum atomic E-state index is 12.2. The molecule has 1 aromatic carbocycles. The van der Waals surface area contributed by atoms with Gasteiger partial charge in [-0.3, -0.25) is 9.89 Å². The third kappa shape index (κ3) is 3.04. The Bertz CT molecular complexity index is 1230. The molecule has 0 saturated heterocycles. The Hall–Kier alpha value is -3.00. The van der Waals surface area contributed by atoms with Crippen LogP contribution in [-0.4, -0.2) is 32.7 Å². The van der Waals surface area contributed by atoms with Crippen LogP contribution in [0.1, 0.15) is 29.3 Å². The van der Waals surface area contributed by atoms with Gasteiger partial charge in [0.1, 0.15) is 17.0 Å². The third-order valence-corrected chi connectivity index (χ3v) is 6.77. The molecule has 0 amide bonds. The monoisotopic (exact) mass is 407 g/mol. The Morgan fingerprint density at radius 2 is 2.28 bits per heavy atom. The van der Waals surface area contributed by atoms with E-state index in [1.165, 1.54) is 10.4 Å². The molecular formula is C21H21N5O2S. The zero-order valence-corrected chi connectivity index (χ0v) is 17.1. The van der Waals surface area contributed by atoms with Gasteiger partial charge in [0.15, 0.2) is 0 Å². The highest BCUT2D eigenvalue weighted by Crippen LogP contribution is 2.41. The molecule has 0 spiro atoms. The lowest BCUT2D eigenvalue weighted by Crippen LogP contribution is -2.23. The summed E-state index contributed by atoms with van der Waals surface area (Å²) in [6.45, 7) is 4.35. The van der Waals surface area contributed by atoms with Crippen molar-refractivity contribution in [3.63, 3.8) is 0 Å². The van der Waals surface area contributed by atoms with Crippen LogP contribution in [0.25, 0.3) is 21.1 Å². The van der Waals surface area contributed by atoms with Crippen molar-refractivity contribution in [1.29, 1.82) is 0 Å². The fourth-order valence-corrected chi connectivity index (χ4v) is 5.36. The minimum atomic E-state index is -0.0934. The van der Waals surface area contributed by atoms with Gasteiger partial charge in [0.25, 0.3) is 0 Å². The lowest BCUT2D eigenvalue weighted by molar-refractivity contribution is -0.148. The van der Waals surface area contributed by atoms with Crippen molar-refractivity contribution in [3.8, 4) is 0 Å². The average molecular weight is 407 g/mol. The Kier molecular flexibility index (Phi) is 4.43. The maximum absolute atomic E-state index is 12.2. The first-order valence-electron chi connectivity index (χ1n) is 9.77. The number of ether oxygens (including phenoxy) is 1. The number of carbonyl (C=O) groups excluding carboxylic acids is 1. The predicted molar refractivity (Wildman–Crippen MR) is 114 cm³/mol. The minimum Gasteiger partial charge on any atom is -0.466 e. The van der Waals surface area contributed by atoms with Crippen LogP contribution in [0.4, 0.5) is 11.5 Å². The lowest BCUT2D eigenvalue weighted by atomic mass is 9.88. The number of anilines is 2. The molecule has 0 aliphatic heterocycles. The van der Waals surface area contributed by atoms with Gasteiger partial charge in [0.05, 0.1) is 29.6 Å². The van der Waals surface area contributed by atoms with Crippen molar-refractivity contribution < 1.29 is 9.53 Å². The van der Waals surface area contributed by atoms with E-state index >= 15 is 0 Å². The first-order valence-corrected chi connectivity index (χ1v) is 10.6. The molecule has 0 saturated carbocycles. The van der Waals surface area contributed by atoms with E-state index in [1.807, 2.05) is 25.3 Å². The van der Waals surface area contributed by atoms with Crippen LogP contribution in [0, 0.1) is 12.8 Å². The molecule has 2 N–H and O–H groups in total. The summed E-state index contributed by atoms with van der Waals surface area (Å²) >= 11 is 1.66. The molecule has 3 aromatic heterocycles. The second-order valence-corrected chi connectivity index (χ2v) is 8.38. The molecule has 1 atom stereocenters. The smallest absolute Gasteiger partial charge is 0.309 e. The van der Waals surface area contributed by atoms with Gasteiger partial charge < -0.3 is 10.1 Å². The molecule has 29 heavy (non-hydrogen) atoms. The van der Waals surface area contributed by atoms with Gasteiger partial charge in [-0.15, -0.1) is 11.3 Å². The minimum absolute atomic E-state index is 0.0642. The Labute approximate surface area is 171 Å². The molecule has 0 fully saturated rings. The number of nitrogens with zero attached hydrogens (tertiary/aromatic N) is 3. The molecule has 8 heteroatoms. The number of benzene rings is 1. The molecule has 7 nitrogen and oxygen atoms in total. The third-order valence-electron chi connectivity index (χ3n) is 5.61. The molecule has 148 valence electrons. The number of hydrogen-bond acceptors (Lipinski definition) is 7. The fraction of sp³-hybridized carbons (Fsp3) is 0.333. The summed E-state index contributed by atoms with van der Waals surface area (Å²) in [5, 5.41) is 12.8. The van der Waals surface area contributed by atoms with Crippen molar-refractivity contribution in [2.45, 2.75) is 33.1 Å². The first-order chi connectivity index (χ1) is 14.2. The molecule has 0 bridgehead atoms. The van der Waals surface area contributed by atoms with Gasteiger partial charge in [-0.1, -0.05) is 0 Å². The molecule has 1 unspecified atom stereocenters. The predicted octanol–water partition coefficient (Wildman–Crippen LogP) is 4.29. The molecular weight excluding hydrogens is 386 g/mol. The topological polar surface area (TPSA) is 92.8 Å². The zero-order chi connectivity index (χ0) is 20.0. The van der Waals surface area contributed by atoms with Gasteiger partial charge >= 0.3 is 5.97 Å². The summed E-state index contributed by atoms with van der Waals surface area (Å²) in [6.07, 6.45) is 5.79. The molecule has 3 heterocycles. The molecule has 0 radical (unpaired) electrons. The second-order valence-electron chi connectivity index (χ2n) is 7.29. The van der Waals surface area contributed by atoms with Crippen molar-refractivity contribution in [2.75, 3.05) is 11.9 Å². The average Bonchev–Trinajstić information content (AvgIpc) is 3.35. The zero-order valence-electron chi connectivity index (χ0n) is 16.3. The van der Waals surface area contributed by atoms with Crippen LogP contribution in [-0.2, 0) is 22.4 Å². The number of aromatic nitrogens is 4. The number of esters is 1. The summed E-state index contributed by atoms with van der Waals surface area (Å²) in [5.74, 6) is 0.655. The summed E-state index contributed by atoms with van der Waals surface area (Å²) < 4.78 is 5.23. The summed E-state index contributed by atoms with van der Waals surface area (Å²) in [4.78, 5) is 23.4. The quantitative estimate of drug-likeness (QED) is 0.490. The van der Waals surface area contributed by atoms with E-state index in [4.69, 9.17) is 4.74 Å². The van der Waals surface area contributed by atoms with Gasteiger partial charge in [-0.25, -0.2) is 9.97 Å². The fourth-order valence-electron chi connectivity index (χ4n) is 4.09. The van der Waals surface area contributed by atoms with E-state index < -0.39 is 0 Å². The van der Waals surface area contributed by atoms with Crippen molar-refractivity contribution in [3.05, 3.63) is 40.7 Å². The first kappa shape index (κ1) is 18.1. The second kappa shape index (κ2) is 7.11. The molecule has 4 aromatic rings. The molecule has 1 aliphatic rings. The molecule has 1 aliphatic carbocycles.